The van der Waals surface area contributed by atoms with E-state index in [0.717, 1.165) is 12.1 Å². The predicted octanol–water partition coefficient (Wildman–Crippen LogP) is 3.34. The summed E-state index contributed by atoms with van der Waals surface area (Å²) in [6.45, 7) is 0.576. The van der Waals surface area contributed by atoms with Crippen LogP contribution in [0.4, 0.5) is 13.2 Å². The van der Waals surface area contributed by atoms with Crippen molar-refractivity contribution in [1.82, 2.24) is 4.90 Å². The summed E-state index contributed by atoms with van der Waals surface area (Å²) in [5.74, 6) is 0.224. The zero-order chi connectivity index (χ0) is 18.5. The SMILES string of the molecule is O=C1c2cc(-c3ccc(C(F)(F)F)cc3)ccc2OC[C@@H]2C[C@@H](O)CN12. The third-order valence-corrected chi connectivity index (χ3v) is 4.84. The van der Waals surface area contributed by atoms with Crippen LogP contribution in [0.2, 0.25) is 0 Å². The van der Waals surface area contributed by atoms with Gasteiger partial charge in [-0.15, -0.1) is 0 Å². The van der Waals surface area contributed by atoms with Gasteiger partial charge in [-0.3, -0.25) is 4.79 Å². The van der Waals surface area contributed by atoms with Crippen molar-refractivity contribution in [1.29, 1.82) is 0 Å². The Kier molecular flexibility index (Phi) is 3.91. The number of carbonyl (C=O) groups excluding carboxylic acids is 1. The van der Waals surface area contributed by atoms with Crippen molar-refractivity contribution in [3.8, 4) is 16.9 Å². The fraction of sp³-hybridized carbons (Fsp3) is 0.316. The Morgan fingerprint density at radius 1 is 1.08 bits per heavy atom. The number of amides is 1. The van der Waals surface area contributed by atoms with Crippen molar-refractivity contribution in [2.24, 2.45) is 0 Å². The molecule has 1 saturated heterocycles. The van der Waals surface area contributed by atoms with Gasteiger partial charge in [0, 0.05) is 6.54 Å². The smallest absolute Gasteiger partial charge is 0.416 e. The maximum Gasteiger partial charge on any atom is 0.416 e. The molecule has 4 rings (SSSR count). The molecule has 1 N–H and O–H groups in total. The van der Waals surface area contributed by atoms with Gasteiger partial charge in [0.15, 0.2) is 0 Å². The second kappa shape index (κ2) is 6.02. The molecule has 2 heterocycles. The summed E-state index contributed by atoms with van der Waals surface area (Å²) in [5.41, 5.74) is 0.854. The number of nitrogens with zero attached hydrogens (tertiary/aromatic N) is 1. The van der Waals surface area contributed by atoms with Crippen molar-refractivity contribution in [2.75, 3.05) is 13.2 Å². The molecule has 1 fully saturated rings. The topological polar surface area (TPSA) is 49.8 Å². The summed E-state index contributed by atoms with van der Waals surface area (Å²) < 4.78 is 43.9. The largest absolute Gasteiger partial charge is 0.491 e. The van der Waals surface area contributed by atoms with Crippen LogP contribution < -0.4 is 4.74 Å². The molecule has 0 spiro atoms. The van der Waals surface area contributed by atoms with Crippen LogP contribution in [0.3, 0.4) is 0 Å². The van der Waals surface area contributed by atoms with E-state index in [1.165, 1.54) is 12.1 Å². The van der Waals surface area contributed by atoms with Crippen LogP contribution in [0.5, 0.6) is 5.75 Å². The Balaban J connectivity index is 1.68. The molecule has 0 radical (unpaired) electrons. The Morgan fingerprint density at radius 2 is 1.77 bits per heavy atom. The average Bonchev–Trinajstić information content (AvgIpc) is 2.94. The zero-order valence-electron chi connectivity index (χ0n) is 13.7. The van der Waals surface area contributed by atoms with Crippen LogP contribution in [-0.4, -0.2) is 41.2 Å². The normalized spacial score (nSPS) is 22.5. The lowest BCUT2D eigenvalue weighted by Crippen LogP contribution is -2.36. The minimum absolute atomic E-state index is 0.167. The molecular formula is C19H16F3NO3. The zero-order valence-corrected chi connectivity index (χ0v) is 13.7. The first kappa shape index (κ1) is 16.9. The molecule has 2 aromatic carbocycles. The van der Waals surface area contributed by atoms with E-state index in [9.17, 15) is 23.1 Å². The van der Waals surface area contributed by atoms with Gasteiger partial charge in [0.05, 0.1) is 23.3 Å². The molecule has 2 aliphatic rings. The summed E-state index contributed by atoms with van der Waals surface area (Å²) in [5, 5.41) is 9.80. The van der Waals surface area contributed by atoms with Crippen LogP contribution in [0, 0.1) is 0 Å². The highest BCUT2D eigenvalue weighted by Gasteiger charge is 2.38. The van der Waals surface area contributed by atoms with Gasteiger partial charge in [-0.1, -0.05) is 18.2 Å². The average molecular weight is 363 g/mol. The van der Waals surface area contributed by atoms with Gasteiger partial charge in [-0.05, 0) is 41.8 Å². The maximum atomic E-state index is 12.8. The lowest BCUT2D eigenvalue weighted by Gasteiger charge is -2.20. The quantitative estimate of drug-likeness (QED) is 0.846. The van der Waals surface area contributed by atoms with E-state index in [1.54, 1.807) is 23.1 Å². The second-order valence-electron chi connectivity index (χ2n) is 6.60. The number of hydrogen-bond donors (Lipinski definition) is 1. The molecule has 2 aliphatic heterocycles. The summed E-state index contributed by atoms with van der Waals surface area (Å²) >= 11 is 0. The number of benzene rings is 2. The van der Waals surface area contributed by atoms with Gasteiger partial charge >= 0.3 is 6.18 Å². The molecule has 0 bridgehead atoms. The molecule has 26 heavy (non-hydrogen) atoms. The Hall–Kier alpha value is -2.54. The molecule has 0 saturated carbocycles. The molecule has 0 aromatic heterocycles. The summed E-state index contributed by atoms with van der Waals surface area (Å²) in [6, 6.07) is 9.66. The summed E-state index contributed by atoms with van der Waals surface area (Å²) in [4.78, 5) is 14.4. The minimum atomic E-state index is -4.39. The number of carbonyl (C=O) groups is 1. The van der Waals surface area contributed by atoms with Gasteiger partial charge in [0.1, 0.15) is 12.4 Å². The minimum Gasteiger partial charge on any atom is -0.491 e. The van der Waals surface area contributed by atoms with Gasteiger partial charge in [-0.2, -0.15) is 13.2 Å². The number of aliphatic hydroxyl groups is 1. The third kappa shape index (κ3) is 2.92. The third-order valence-electron chi connectivity index (χ3n) is 4.84. The Morgan fingerprint density at radius 3 is 2.46 bits per heavy atom. The molecule has 0 unspecified atom stereocenters. The van der Waals surface area contributed by atoms with Crippen LogP contribution in [0.25, 0.3) is 11.1 Å². The van der Waals surface area contributed by atoms with E-state index in [-0.39, 0.29) is 18.5 Å². The molecule has 0 aliphatic carbocycles. The van der Waals surface area contributed by atoms with Gasteiger partial charge in [0.2, 0.25) is 0 Å². The number of rotatable bonds is 1. The Bertz CT molecular complexity index is 848. The van der Waals surface area contributed by atoms with Crippen LogP contribution in [0.1, 0.15) is 22.3 Å². The highest BCUT2D eigenvalue weighted by atomic mass is 19.4. The Labute approximate surface area is 147 Å². The van der Waals surface area contributed by atoms with Gasteiger partial charge in [0.25, 0.3) is 5.91 Å². The number of fused-ring (bicyclic) bond motifs is 2. The van der Waals surface area contributed by atoms with E-state index in [4.69, 9.17) is 4.74 Å². The van der Waals surface area contributed by atoms with Crippen molar-refractivity contribution in [3.05, 3.63) is 53.6 Å². The highest BCUT2D eigenvalue weighted by molar-refractivity contribution is 5.99. The monoisotopic (exact) mass is 363 g/mol. The first-order chi connectivity index (χ1) is 12.3. The fourth-order valence-electron chi connectivity index (χ4n) is 3.49. The molecule has 2 atom stereocenters. The number of ether oxygens (including phenoxy) is 1. The maximum absolute atomic E-state index is 12.8. The van der Waals surface area contributed by atoms with E-state index in [1.807, 2.05) is 0 Å². The number of hydrogen-bond acceptors (Lipinski definition) is 3. The lowest BCUT2D eigenvalue weighted by atomic mass is 10.0. The van der Waals surface area contributed by atoms with Gasteiger partial charge in [-0.25, -0.2) is 0 Å². The van der Waals surface area contributed by atoms with E-state index >= 15 is 0 Å². The van der Waals surface area contributed by atoms with Crippen LogP contribution in [-0.2, 0) is 6.18 Å². The molecule has 136 valence electrons. The standard InChI is InChI=1S/C19H16F3NO3/c20-19(21,22)13-4-1-11(2-5-13)12-3-6-17-16(7-12)18(25)23-9-15(24)8-14(23)10-26-17/h1-7,14-15,24H,8-10H2/t14-,15+/m0/s1. The van der Waals surface area contributed by atoms with Crippen molar-refractivity contribution in [3.63, 3.8) is 0 Å². The fourth-order valence-corrected chi connectivity index (χ4v) is 3.49. The van der Waals surface area contributed by atoms with Crippen molar-refractivity contribution < 1.29 is 27.8 Å². The first-order valence-electron chi connectivity index (χ1n) is 8.26. The van der Waals surface area contributed by atoms with E-state index < -0.39 is 17.8 Å². The van der Waals surface area contributed by atoms with Crippen molar-refractivity contribution >= 4 is 5.91 Å². The highest BCUT2D eigenvalue weighted by Crippen LogP contribution is 2.34. The van der Waals surface area contributed by atoms with E-state index in [2.05, 4.69) is 0 Å². The van der Waals surface area contributed by atoms with Crippen LogP contribution in [0.15, 0.2) is 42.5 Å². The molecule has 1 amide bonds. The first-order valence-corrected chi connectivity index (χ1v) is 8.26. The molecular weight excluding hydrogens is 347 g/mol. The second-order valence-corrected chi connectivity index (χ2v) is 6.60. The van der Waals surface area contributed by atoms with E-state index in [0.29, 0.717) is 35.5 Å². The molecule has 2 aromatic rings. The number of alkyl halides is 3. The molecule has 4 nitrogen and oxygen atoms in total. The van der Waals surface area contributed by atoms with Crippen LogP contribution >= 0.6 is 0 Å². The van der Waals surface area contributed by atoms with Crippen molar-refractivity contribution in [2.45, 2.75) is 24.7 Å². The summed E-state index contributed by atoms with van der Waals surface area (Å²) in [6.07, 6.45) is -4.47. The number of halogens is 3. The van der Waals surface area contributed by atoms with Gasteiger partial charge < -0.3 is 14.7 Å². The lowest BCUT2D eigenvalue weighted by molar-refractivity contribution is -0.137. The number of aliphatic hydroxyl groups excluding tert-OH is 1. The molecule has 7 heteroatoms. The predicted molar refractivity (Wildman–Crippen MR) is 87.8 cm³/mol. The summed E-state index contributed by atoms with van der Waals surface area (Å²) in [7, 11) is 0.